The SMILES string of the molecule is COc1ccc(NC(=O)C[C@H](C)c2ccsc2)cc1. The molecule has 2 rings (SSSR count). The van der Waals surface area contributed by atoms with E-state index >= 15 is 0 Å². The summed E-state index contributed by atoms with van der Waals surface area (Å²) in [5.74, 6) is 1.05. The Labute approximate surface area is 117 Å². The molecule has 2 aromatic rings. The molecule has 0 unspecified atom stereocenters. The third kappa shape index (κ3) is 3.83. The summed E-state index contributed by atoms with van der Waals surface area (Å²) in [6.45, 7) is 2.07. The van der Waals surface area contributed by atoms with Crippen LogP contribution in [0.4, 0.5) is 5.69 Å². The lowest BCUT2D eigenvalue weighted by molar-refractivity contribution is -0.116. The summed E-state index contributed by atoms with van der Waals surface area (Å²) >= 11 is 1.66. The summed E-state index contributed by atoms with van der Waals surface area (Å²) in [7, 11) is 1.62. The summed E-state index contributed by atoms with van der Waals surface area (Å²) in [5, 5.41) is 7.02. The van der Waals surface area contributed by atoms with Gasteiger partial charge in [0.05, 0.1) is 7.11 Å². The highest BCUT2D eigenvalue weighted by Crippen LogP contribution is 2.22. The monoisotopic (exact) mass is 275 g/mol. The maximum absolute atomic E-state index is 11.9. The van der Waals surface area contributed by atoms with Gasteiger partial charge in [-0.15, -0.1) is 0 Å². The molecule has 0 fully saturated rings. The van der Waals surface area contributed by atoms with Crippen molar-refractivity contribution in [1.82, 2.24) is 0 Å². The molecule has 1 amide bonds. The van der Waals surface area contributed by atoms with Gasteiger partial charge in [0.2, 0.25) is 5.91 Å². The topological polar surface area (TPSA) is 38.3 Å². The molecule has 0 aliphatic rings. The smallest absolute Gasteiger partial charge is 0.224 e. The van der Waals surface area contributed by atoms with E-state index in [2.05, 4.69) is 23.7 Å². The van der Waals surface area contributed by atoms with Crippen molar-refractivity contribution in [2.75, 3.05) is 12.4 Å². The number of benzene rings is 1. The highest BCUT2D eigenvalue weighted by molar-refractivity contribution is 7.07. The van der Waals surface area contributed by atoms with E-state index in [4.69, 9.17) is 4.74 Å². The molecule has 19 heavy (non-hydrogen) atoms. The second-order valence-corrected chi connectivity index (χ2v) is 5.22. The zero-order chi connectivity index (χ0) is 13.7. The van der Waals surface area contributed by atoms with Crippen LogP contribution in [0.3, 0.4) is 0 Å². The van der Waals surface area contributed by atoms with E-state index in [1.807, 2.05) is 29.6 Å². The average molecular weight is 275 g/mol. The molecular weight excluding hydrogens is 258 g/mol. The molecule has 3 nitrogen and oxygen atoms in total. The number of rotatable bonds is 5. The minimum absolute atomic E-state index is 0.0314. The molecule has 4 heteroatoms. The first kappa shape index (κ1) is 13.6. The van der Waals surface area contributed by atoms with Gasteiger partial charge in [-0.1, -0.05) is 6.92 Å². The minimum atomic E-state index is 0.0314. The van der Waals surface area contributed by atoms with Gasteiger partial charge in [-0.3, -0.25) is 4.79 Å². The van der Waals surface area contributed by atoms with Gasteiger partial charge in [-0.25, -0.2) is 0 Å². The molecule has 1 N–H and O–H groups in total. The van der Waals surface area contributed by atoms with Crippen LogP contribution in [0.15, 0.2) is 41.1 Å². The van der Waals surface area contributed by atoms with Gasteiger partial charge in [0.1, 0.15) is 5.75 Å². The summed E-state index contributed by atoms with van der Waals surface area (Å²) < 4.78 is 5.08. The van der Waals surface area contributed by atoms with Crippen molar-refractivity contribution in [3.05, 3.63) is 46.7 Å². The lowest BCUT2D eigenvalue weighted by Crippen LogP contribution is -2.14. The zero-order valence-corrected chi connectivity index (χ0v) is 11.9. The van der Waals surface area contributed by atoms with Crippen LogP contribution in [0.5, 0.6) is 5.75 Å². The quantitative estimate of drug-likeness (QED) is 0.899. The molecule has 0 aliphatic heterocycles. The first-order chi connectivity index (χ1) is 9.19. The first-order valence-electron chi connectivity index (χ1n) is 6.15. The largest absolute Gasteiger partial charge is 0.497 e. The number of methoxy groups -OCH3 is 1. The average Bonchev–Trinajstić information content (AvgIpc) is 2.93. The van der Waals surface area contributed by atoms with Gasteiger partial charge in [0, 0.05) is 12.1 Å². The standard InChI is InChI=1S/C15H17NO2S/c1-11(12-7-8-19-10-12)9-15(17)16-13-3-5-14(18-2)6-4-13/h3-8,10-11H,9H2,1-2H3,(H,16,17)/t11-/m0/s1. The molecule has 1 heterocycles. The van der Waals surface area contributed by atoms with Crippen LogP contribution in [0.1, 0.15) is 24.8 Å². The Hall–Kier alpha value is -1.81. The second-order valence-electron chi connectivity index (χ2n) is 4.44. The molecule has 0 spiro atoms. The Morgan fingerprint density at radius 1 is 1.32 bits per heavy atom. The van der Waals surface area contributed by atoms with Gasteiger partial charge in [0.25, 0.3) is 0 Å². The highest BCUT2D eigenvalue weighted by Gasteiger charge is 2.11. The van der Waals surface area contributed by atoms with Crippen LogP contribution in [0.25, 0.3) is 0 Å². The Balaban J connectivity index is 1.90. The molecule has 0 saturated heterocycles. The second kappa shape index (κ2) is 6.38. The number of hydrogen-bond acceptors (Lipinski definition) is 3. The predicted octanol–water partition coefficient (Wildman–Crippen LogP) is 3.89. The van der Waals surface area contributed by atoms with Gasteiger partial charge >= 0.3 is 0 Å². The molecule has 0 aliphatic carbocycles. The third-order valence-corrected chi connectivity index (χ3v) is 3.68. The normalized spacial score (nSPS) is 11.9. The minimum Gasteiger partial charge on any atom is -0.497 e. The summed E-state index contributed by atoms with van der Waals surface area (Å²) in [4.78, 5) is 11.9. The van der Waals surface area contributed by atoms with Crippen molar-refractivity contribution < 1.29 is 9.53 Å². The van der Waals surface area contributed by atoms with Gasteiger partial charge in [-0.2, -0.15) is 11.3 Å². The fourth-order valence-electron chi connectivity index (χ4n) is 1.84. The number of anilines is 1. The number of amides is 1. The van der Waals surface area contributed by atoms with Crippen LogP contribution in [-0.2, 0) is 4.79 Å². The molecule has 0 bridgehead atoms. The molecule has 1 atom stereocenters. The maximum Gasteiger partial charge on any atom is 0.224 e. The van der Waals surface area contributed by atoms with Crippen LogP contribution < -0.4 is 10.1 Å². The van der Waals surface area contributed by atoms with E-state index in [0.717, 1.165) is 11.4 Å². The molecule has 1 aromatic heterocycles. The van der Waals surface area contributed by atoms with Crippen LogP contribution in [0, 0.1) is 0 Å². The lowest BCUT2D eigenvalue weighted by atomic mass is 10.0. The summed E-state index contributed by atoms with van der Waals surface area (Å²) in [6, 6.07) is 9.41. The van der Waals surface area contributed by atoms with Crippen LogP contribution in [-0.4, -0.2) is 13.0 Å². The molecule has 0 saturated carbocycles. The van der Waals surface area contributed by atoms with Crippen molar-refractivity contribution in [3.8, 4) is 5.75 Å². The number of nitrogens with one attached hydrogen (secondary N) is 1. The first-order valence-corrected chi connectivity index (χ1v) is 7.09. The zero-order valence-electron chi connectivity index (χ0n) is 11.1. The van der Waals surface area contributed by atoms with Gasteiger partial charge in [0.15, 0.2) is 0 Å². The molecule has 100 valence electrons. The van der Waals surface area contributed by atoms with Crippen LogP contribution in [0.2, 0.25) is 0 Å². The summed E-state index contributed by atoms with van der Waals surface area (Å²) in [5.41, 5.74) is 2.01. The molecular formula is C15H17NO2S. The van der Waals surface area contributed by atoms with Crippen molar-refractivity contribution in [2.24, 2.45) is 0 Å². The number of thiophene rings is 1. The van der Waals surface area contributed by atoms with E-state index in [1.165, 1.54) is 5.56 Å². The molecule has 1 aromatic carbocycles. The van der Waals surface area contributed by atoms with Gasteiger partial charge < -0.3 is 10.1 Å². The van der Waals surface area contributed by atoms with Crippen molar-refractivity contribution in [3.63, 3.8) is 0 Å². The Kier molecular flexibility index (Phi) is 4.58. The van der Waals surface area contributed by atoms with Crippen LogP contribution >= 0.6 is 11.3 Å². The predicted molar refractivity (Wildman–Crippen MR) is 79.0 cm³/mol. The Morgan fingerprint density at radius 3 is 2.63 bits per heavy atom. The van der Waals surface area contributed by atoms with E-state index in [-0.39, 0.29) is 11.8 Å². The number of carbonyl (C=O) groups excluding carboxylic acids is 1. The molecule has 0 radical (unpaired) electrons. The Bertz CT molecular complexity index is 520. The maximum atomic E-state index is 11.9. The fraction of sp³-hybridized carbons (Fsp3) is 0.267. The Morgan fingerprint density at radius 2 is 2.05 bits per heavy atom. The number of hydrogen-bond donors (Lipinski definition) is 1. The number of ether oxygens (including phenoxy) is 1. The lowest BCUT2D eigenvalue weighted by Gasteiger charge is -2.10. The van der Waals surface area contributed by atoms with E-state index < -0.39 is 0 Å². The van der Waals surface area contributed by atoms with Crippen molar-refractivity contribution in [1.29, 1.82) is 0 Å². The van der Waals surface area contributed by atoms with E-state index in [9.17, 15) is 4.79 Å². The fourth-order valence-corrected chi connectivity index (χ4v) is 2.62. The number of carbonyl (C=O) groups is 1. The van der Waals surface area contributed by atoms with Crippen molar-refractivity contribution in [2.45, 2.75) is 19.3 Å². The highest BCUT2D eigenvalue weighted by atomic mass is 32.1. The van der Waals surface area contributed by atoms with Gasteiger partial charge in [-0.05, 0) is 52.6 Å². The van der Waals surface area contributed by atoms with E-state index in [1.54, 1.807) is 18.4 Å². The summed E-state index contributed by atoms with van der Waals surface area (Å²) in [6.07, 6.45) is 0.489. The third-order valence-electron chi connectivity index (χ3n) is 2.98. The van der Waals surface area contributed by atoms with E-state index in [0.29, 0.717) is 6.42 Å². The van der Waals surface area contributed by atoms with Crippen molar-refractivity contribution >= 4 is 22.9 Å².